The molecule has 2 aromatic carbocycles. The number of carbonyl (C=O) groups excluding carboxylic acids is 1. The molecule has 0 bridgehead atoms. The van der Waals surface area contributed by atoms with E-state index in [0.717, 1.165) is 5.69 Å². The summed E-state index contributed by atoms with van der Waals surface area (Å²) in [5.74, 6) is -0.154. The molecule has 5 nitrogen and oxygen atoms in total. The van der Waals surface area contributed by atoms with Gasteiger partial charge in [0.15, 0.2) is 9.84 Å². The van der Waals surface area contributed by atoms with E-state index in [1.54, 1.807) is 24.3 Å². The molecule has 0 radical (unpaired) electrons. The van der Waals surface area contributed by atoms with Gasteiger partial charge < -0.3 is 10.2 Å². The fourth-order valence-corrected chi connectivity index (χ4v) is 4.49. The minimum atomic E-state index is -3.70. The van der Waals surface area contributed by atoms with Crippen molar-refractivity contribution in [2.24, 2.45) is 0 Å². The third-order valence-electron chi connectivity index (χ3n) is 4.26. The van der Waals surface area contributed by atoms with Crippen LogP contribution in [-0.4, -0.2) is 35.0 Å². The standard InChI is InChI=1S/C20H25ClN2O3S/c1-4-5-20(24)22-14-19(15-6-10-17(11-7-15)23(2)3)27(25,26)18-12-8-16(21)9-13-18/h6-13,19H,4-5,14H2,1-3H3,(H,22,24)/t19-/m1/s1. The molecule has 2 rings (SSSR count). The van der Waals surface area contributed by atoms with Crippen molar-refractivity contribution in [3.05, 3.63) is 59.1 Å². The van der Waals surface area contributed by atoms with Gasteiger partial charge in [-0.05, 0) is 48.4 Å². The summed E-state index contributed by atoms with van der Waals surface area (Å²) in [6.45, 7) is 1.92. The van der Waals surface area contributed by atoms with Crippen molar-refractivity contribution < 1.29 is 13.2 Å². The summed E-state index contributed by atoms with van der Waals surface area (Å²) >= 11 is 5.89. The quantitative estimate of drug-likeness (QED) is 0.720. The Hall–Kier alpha value is -2.05. The van der Waals surface area contributed by atoms with Gasteiger partial charge in [-0.2, -0.15) is 0 Å². The van der Waals surface area contributed by atoms with Gasteiger partial charge in [0.25, 0.3) is 0 Å². The second-order valence-corrected chi connectivity index (χ2v) is 9.09. The summed E-state index contributed by atoms with van der Waals surface area (Å²) in [5, 5.41) is 2.34. The lowest BCUT2D eigenvalue weighted by molar-refractivity contribution is -0.121. The van der Waals surface area contributed by atoms with Crippen LogP contribution in [0.15, 0.2) is 53.4 Å². The van der Waals surface area contributed by atoms with Crippen molar-refractivity contribution in [2.45, 2.75) is 29.9 Å². The third kappa shape index (κ3) is 5.47. The average Bonchev–Trinajstić information content (AvgIpc) is 2.62. The molecule has 146 valence electrons. The van der Waals surface area contributed by atoms with Crippen molar-refractivity contribution in [2.75, 3.05) is 25.5 Å². The molecule has 0 fully saturated rings. The summed E-state index contributed by atoms with van der Waals surface area (Å²) < 4.78 is 26.5. The molecule has 0 spiro atoms. The molecule has 0 saturated heterocycles. The smallest absolute Gasteiger partial charge is 0.220 e. The van der Waals surface area contributed by atoms with E-state index in [1.807, 2.05) is 38.1 Å². The highest BCUT2D eigenvalue weighted by atomic mass is 35.5. The molecule has 0 aromatic heterocycles. The first-order valence-corrected chi connectivity index (χ1v) is 10.7. The first-order valence-electron chi connectivity index (χ1n) is 8.79. The Labute approximate surface area is 166 Å². The molecule has 2 aromatic rings. The Morgan fingerprint density at radius 1 is 1.07 bits per heavy atom. The summed E-state index contributed by atoms with van der Waals surface area (Å²) in [6.07, 6.45) is 1.07. The van der Waals surface area contributed by atoms with E-state index >= 15 is 0 Å². The molecule has 0 saturated carbocycles. The van der Waals surface area contributed by atoms with E-state index in [-0.39, 0.29) is 17.3 Å². The van der Waals surface area contributed by atoms with E-state index in [4.69, 9.17) is 11.6 Å². The number of carbonyl (C=O) groups is 1. The number of nitrogens with one attached hydrogen (secondary N) is 1. The summed E-state index contributed by atoms with van der Waals surface area (Å²) in [6, 6.07) is 13.4. The maximum atomic E-state index is 13.2. The highest BCUT2D eigenvalue weighted by Crippen LogP contribution is 2.30. The average molecular weight is 409 g/mol. The second kappa shape index (κ2) is 9.24. The zero-order valence-corrected chi connectivity index (χ0v) is 17.3. The second-order valence-electron chi connectivity index (χ2n) is 6.53. The van der Waals surface area contributed by atoms with Gasteiger partial charge in [0, 0.05) is 37.8 Å². The van der Waals surface area contributed by atoms with Gasteiger partial charge in [0.05, 0.1) is 4.90 Å². The van der Waals surface area contributed by atoms with E-state index in [2.05, 4.69) is 5.32 Å². The molecule has 0 aliphatic heterocycles. The highest BCUT2D eigenvalue weighted by Gasteiger charge is 2.29. The van der Waals surface area contributed by atoms with Crippen LogP contribution < -0.4 is 10.2 Å². The van der Waals surface area contributed by atoms with Gasteiger partial charge in [-0.15, -0.1) is 0 Å². The van der Waals surface area contributed by atoms with Crippen molar-refractivity contribution >= 4 is 33.0 Å². The molecule has 27 heavy (non-hydrogen) atoms. The predicted octanol–water partition coefficient (Wildman–Crippen LogP) is 3.84. The van der Waals surface area contributed by atoms with E-state index < -0.39 is 15.1 Å². The number of rotatable bonds is 8. The molecule has 0 aliphatic rings. The first-order chi connectivity index (χ1) is 12.8. The maximum absolute atomic E-state index is 13.2. The molecule has 1 amide bonds. The Morgan fingerprint density at radius 2 is 1.67 bits per heavy atom. The molecule has 7 heteroatoms. The van der Waals surface area contributed by atoms with Crippen LogP contribution in [-0.2, 0) is 14.6 Å². The van der Waals surface area contributed by atoms with Crippen molar-refractivity contribution in [3.8, 4) is 0 Å². The minimum absolute atomic E-state index is 0.0190. The number of anilines is 1. The van der Waals surface area contributed by atoms with Crippen molar-refractivity contribution in [3.63, 3.8) is 0 Å². The number of halogens is 1. The van der Waals surface area contributed by atoms with Gasteiger partial charge in [0.1, 0.15) is 5.25 Å². The largest absolute Gasteiger partial charge is 0.378 e. The topological polar surface area (TPSA) is 66.5 Å². The van der Waals surface area contributed by atoms with Crippen LogP contribution in [0.4, 0.5) is 5.69 Å². The van der Waals surface area contributed by atoms with Crippen LogP contribution in [0.25, 0.3) is 0 Å². The predicted molar refractivity (Wildman–Crippen MR) is 110 cm³/mol. The number of hydrogen-bond donors (Lipinski definition) is 1. The molecule has 0 aliphatic carbocycles. The van der Waals surface area contributed by atoms with Gasteiger partial charge in [0.2, 0.25) is 5.91 Å². The van der Waals surface area contributed by atoms with Crippen LogP contribution in [0, 0.1) is 0 Å². The van der Waals surface area contributed by atoms with Gasteiger partial charge >= 0.3 is 0 Å². The van der Waals surface area contributed by atoms with Crippen LogP contribution in [0.5, 0.6) is 0 Å². The zero-order valence-electron chi connectivity index (χ0n) is 15.8. The number of hydrogen-bond acceptors (Lipinski definition) is 4. The van der Waals surface area contributed by atoms with Gasteiger partial charge in [-0.25, -0.2) is 8.42 Å². The highest BCUT2D eigenvalue weighted by molar-refractivity contribution is 7.91. The lowest BCUT2D eigenvalue weighted by Gasteiger charge is -2.20. The third-order valence-corrected chi connectivity index (χ3v) is 6.63. The molecule has 1 N–H and O–H groups in total. The summed E-state index contributed by atoms with van der Waals surface area (Å²) in [4.78, 5) is 14.0. The lowest BCUT2D eigenvalue weighted by Crippen LogP contribution is -2.31. The Bertz CT molecular complexity index is 863. The van der Waals surface area contributed by atoms with E-state index in [9.17, 15) is 13.2 Å². The molecule has 0 unspecified atom stereocenters. The minimum Gasteiger partial charge on any atom is -0.378 e. The van der Waals surface area contributed by atoms with Crippen molar-refractivity contribution in [1.82, 2.24) is 5.32 Å². The molecule has 1 atom stereocenters. The Kier molecular flexibility index (Phi) is 7.27. The number of amides is 1. The molecular formula is C20H25ClN2O3S. The van der Waals surface area contributed by atoms with Crippen molar-refractivity contribution in [1.29, 1.82) is 0 Å². The van der Waals surface area contributed by atoms with E-state index in [0.29, 0.717) is 23.4 Å². The van der Waals surface area contributed by atoms with Gasteiger partial charge in [-0.1, -0.05) is 30.7 Å². The number of benzene rings is 2. The monoisotopic (exact) mass is 408 g/mol. The first kappa shape index (κ1) is 21.3. The number of sulfone groups is 1. The fourth-order valence-electron chi connectivity index (χ4n) is 2.70. The summed E-state index contributed by atoms with van der Waals surface area (Å²) in [5.41, 5.74) is 1.60. The van der Waals surface area contributed by atoms with E-state index in [1.165, 1.54) is 12.1 Å². The Morgan fingerprint density at radius 3 is 2.19 bits per heavy atom. The normalized spacial score (nSPS) is 12.4. The fraction of sp³-hybridized carbons (Fsp3) is 0.350. The summed E-state index contributed by atoms with van der Waals surface area (Å²) in [7, 11) is 0.136. The maximum Gasteiger partial charge on any atom is 0.220 e. The van der Waals surface area contributed by atoms with Crippen LogP contribution in [0.1, 0.15) is 30.6 Å². The van der Waals surface area contributed by atoms with Crippen LogP contribution in [0.2, 0.25) is 5.02 Å². The zero-order chi connectivity index (χ0) is 20.0. The molecule has 0 heterocycles. The lowest BCUT2D eigenvalue weighted by atomic mass is 10.1. The van der Waals surface area contributed by atoms with Crippen LogP contribution >= 0.6 is 11.6 Å². The van der Waals surface area contributed by atoms with Gasteiger partial charge in [-0.3, -0.25) is 4.79 Å². The Balaban J connectivity index is 2.39. The van der Waals surface area contributed by atoms with Crippen LogP contribution in [0.3, 0.4) is 0 Å². The number of nitrogens with zero attached hydrogens (tertiary/aromatic N) is 1. The SMILES string of the molecule is CCCC(=O)NC[C@H](c1ccc(N(C)C)cc1)S(=O)(=O)c1ccc(Cl)cc1. The molecular weight excluding hydrogens is 384 g/mol.